The quantitative estimate of drug-likeness (QED) is 0.307. The van der Waals surface area contributed by atoms with Crippen LogP contribution in [0.25, 0.3) is 10.8 Å². The van der Waals surface area contributed by atoms with Crippen LogP contribution in [0.15, 0.2) is 54.1 Å². The minimum Gasteiger partial charge on any atom is -0.458 e. The molecule has 0 saturated heterocycles. The minimum atomic E-state index is -0.250. The zero-order valence-electron chi connectivity index (χ0n) is 23.4. The Labute approximate surface area is 227 Å². The van der Waals surface area contributed by atoms with Gasteiger partial charge in [-0.15, -0.1) is 0 Å². The van der Waals surface area contributed by atoms with Gasteiger partial charge in [0.1, 0.15) is 12.2 Å². The van der Waals surface area contributed by atoms with Crippen LogP contribution in [-0.4, -0.2) is 18.0 Å². The molecule has 4 aliphatic rings. The van der Waals surface area contributed by atoms with Gasteiger partial charge in [-0.25, -0.2) is 0 Å². The summed E-state index contributed by atoms with van der Waals surface area (Å²) in [6.45, 7) is 8.37. The third kappa shape index (κ3) is 4.19. The number of rotatable bonds is 4. The second-order valence-corrected chi connectivity index (χ2v) is 13.1. The largest absolute Gasteiger partial charge is 0.458 e. The molecule has 0 bridgehead atoms. The van der Waals surface area contributed by atoms with Crippen molar-refractivity contribution in [3.63, 3.8) is 0 Å². The van der Waals surface area contributed by atoms with Crippen molar-refractivity contribution in [2.24, 2.45) is 34.5 Å². The number of benzene rings is 2. The average Bonchev–Trinajstić information content (AvgIpc) is 3.25. The van der Waals surface area contributed by atoms with Crippen molar-refractivity contribution < 1.29 is 19.1 Å². The van der Waals surface area contributed by atoms with Crippen molar-refractivity contribution in [2.75, 3.05) is 0 Å². The second-order valence-electron chi connectivity index (χ2n) is 13.1. The molecule has 8 atom stereocenters. The van der Waals surface area contributed by atoms with Crippen LogP contribution in [0.3, 0.4) is 0 Å². The molecule has 4 nitrogen and oxygen atoms in total. The van der Waals surface area contributed by atoms with Gasteiger partial charge in [-0.2, -0.15) is 0 Å². The highest BCUT2D eigenvalue weighted by Gasteiger charge is 2.60. The fourth-order valence-electron chi connectivity index (χ4n) is 9.17. The van der Waals surface area contributed by atoms with Gasteiger partial charge in [0.25, 0.3) is 0 Å². The molecule has 2 aromatic carbocycles. The van der Waals surface area contributed by atoms with E-state index in [2.05, 4.69) is 62.4 Å². The molecule has 3 saturated carbocycles. The first-order chi connectivity index (χ1) is 18.2. The lowest BCUT2D eigenvalue weighted by Gasteiger charge is -2.58. The summed E-state index contributed by atoms with van der Waals surface area (Å²) < 4.78 is 11.7. The van der Waals surface area contributed by atoms with Gasteiger partial charge in [0.2, 0.25) is 0 Å². The van der Waals surface area contributed by atoms with Crippen LogP contribution in [0.4, 0.5) is 0 Å². The van der Waals surface area contributed by atoms with E-state index in [-0.39, 0.29) is 40.9 Å². The fraction of sp³-hybridized carbons (Fsp3) is 0.588. The Balaban J connectivity index is 1.17. The highest BCUT2D eigenvalue weighted by atomic mass is 16.5. The number of ether oxygens (including phenoxy) is 2. The van der Waals surface area contributed by atoms with E-state index in [0.29, 0.717) is 17.8 Å². The molecule has 0 unspecified atom stereocenters. The van der Waals surface area contributed by atoms with Gasteiger partial charge >= 0.3 is 11.9 Å². The molecule has 38 heavy (non-hydrogen) atoms. The number of esters is 2. The molecule has 4 aliphatic carbocycles. The number of hydrogen-bond donors (Lipinski definition) is 0. The summed E-state index contributed by atoms with van der Waals surface area (Å²) >= 11 is 0. The molecule has 0 amide bonds. The summed E-state index contributed by atoms with van der Waals surface area (Å²) in [7, 11) is 0. The SMILES string of the molecule is CC(=O)O[C@@H]1C=C2CC[C@H]3[C@@H]4CC[C@H](C(=O)O[C@@H](C)c5ccc6ccccc6c5)[C@@]4(C)CC[C@@H]3[C@@]2(C)CC1. The fourth-order valence-corrected chi connectivity index (χ4v) is 9.17. The molecule has 0 N–H and O–H groups in total. The third-order valence-corrected chi connectivity index (χ3v) is 11.2. The summed E-state index contributed by atoms with van der Waals surface area (Å²) in [4.78, 5) is 25.2. The number of hydrogen-bond acceptors (Lipinski definition) is 4. The van der Waals surface area contributed by atoms with Gasteiger partial charge < -0.3 is 9.47 Å². The summed E-state index contributed by atoms with van der Waals surface area (Å²) in [6, 6.07) is 14.7. The monoisotopic (exact) mass is 514 g/mol. The van der Waals surface area contributed by atoms with Gasteiger partial charge in [-0.05, 0) is 115 Å². The van der Waals surface area contributed by atoms with Crippen molar-refractivity contribution in [3.05, 3.63) is 59.7 Å². The van der Waals surface area contributed by atoms with Crippen LogP contribution in [0, 0.1) is 34.5 Å². The topological polar surface area (TPSA) is 52.6 Å². The molecule has 3 fully saturated rings. The van der Waals surface area contributed by atoms with E-state index in [9.17, 15) is 9.59 Å². The maximum Gasteiger partial charge on any atom is 0.310 e. The smallest absolute Gasteiger partial charge is 0.310 e. The van der Waals surface area contributed by atoms with Gasteiger partial charge in [0.05, 0.1) is 5.92 Å². The van der Waals surface area contributed by atoms with E-state index < -0.39 is 0 Å². The van der Waals surface area contributed by atoms with Gasteiger partial charge in [-0.1, -0.05) is 55.8 Å². The normalized spacial score (nSPS) is 36.8. The molecule has 0 aliphatic heterocycles. The standard InChI is InChI=1S/C34H42O4/c1-21(24-10-9-23-7-5-6-8-25(23)19-24)37-32(36)31-14-13-29-28-12-11-26-20-27(38-22(2)35)15-17-33(26,3)30(28)16-18-34(29,31)4/h5-10,19-21,27-31H,11-18H2,1-4H3/t21-,27-,28-,29-,30-,31+,33-,34-/m0/s1. The van der Waals surface area contributed by atoms with Gasteiger partial charge in [0, 0.05) is 6.92 Å². The summed E-state index contributed by atoms with van der Waals surface area (Å²) in [5, 5.41) is 2.39. The molecule has 202 valence electrons. The van der Waals surface area contributed by atoms with Gasteiger partial charge in [0.15, 0.2) is 0 Å². The first-order valence-electron chi connectivity index (χ1n) is 14.8. The van der Waals surface area contributed by atoms with Crippen LogP contribution in [0.5, 0.6) is 0 Å². The minimum absolute atomic E-state index is 0.00129. The Morgan fingerprint density at radius 1 is 0.921 bits per heavy atom. The van der Waals surface area contributed by atoms with Crippen LogP contribution < -0.4 is 0 Å². The zero-order valence-corrected chi connectivity index (χ0v) is 23.4. The second kappa shape index (κ2) is 9.54. The Hall–Kier alpha value is -2.62. The molecule has 0 radical (unpaired) electrons. The Morgan fingerprint density at radius 2 is 1.71 bits per heavy atom. The number of allylic oxidation sites excluding steroid dienone is 1. The molecule has 0 aromatic heterocycles. The maximum atomic E-state index is 13.7. The summed E-state index contributed by atoms with van der Waals surface area (Å²) in [5.74, 6) is 1.71. The zero-order chi connectivity index (χ0) is 26.7. The molecule has 4 heteroatoms. The highest BCUT2D eigenvalue weighted by Crippen LogP contribution is 2.67. The molecular formula is C34H42O4. The third-order valence-electron chi connectivity index (χ3n) is 11.2. The molecule has 0 heterocycles. The Kier molecular flexibility index (Phi) is 6.44. The van der Waals surface area contributed by atoms with Crippen molar-refractivity contribution in [3.8, 4) is 0 Å². The lowest BCUT2D eigenvalue weighted by Crippen LogP contribution is -2.51. The van der Waals surface area contributed by atoms with Crippen molar-refractivity contribution in [2.45, 2.75) is 91.3 Å². The highest BCUT2D eigenvalue weighted by molar-refractivity contribution is 5.83. The van der Waals surface area contributed by atoms with E-state index in [4.69, 9.17) is 9.47 Å². The lowest BCUT2D eigenvalue weighted by molar-refractivity contribution is -0.161. The van der Waals surface area contributed by atoms with Gasteiger partial charge in [-0.3, -0.25) is 9.59 Å². The van der Waals surface area contributed by atoms with Crippen molar-refractivity contribution in [1.82, 2.24) is 0 Å². The van der Waals surface area contributed by atoms with Crippen LogP contribution in [0.1, 0.15) is 90.7 Å². The molecule has 2 aromatic rings. The Bertz CT molecular complexity index is 1280. The van der Waals surface area contributed by atoms with Crippen LogP contribution >= 0.6 is 0 Å². The number of carbonyl (C=O) groups is 2. The summed E-state index contributed by atoms with van der Waals surface area (Å²) in [5.41, 5.74) is 2.79. The predicted octanol–water partition coefficient (Wildman–Crippen LogP) is 7.95. The Morgan fingerprint density at radius 3 is 2.50 bits per heavy atom. The summed E-state index contributed by atoms with van der Waals surface area (Å²) in [6.07, 6.45) is 10.6. The number of carbonyl (C=O) groups excluding carboxylic acids is 2. The molecule has 6 rings (SSSR count). The van der Waals surface area contributed by atoms with E-state index >= 15 is 0 Å². The predicted molar refractivity (Wildman–Crippen MR) is 149 cm³/mol. The van der Waals surface area contributed by atoms with E-state index in [1.165, 1.54) is 36.1 Å². The van der Waals surface area contributed by atoms with E-state index in [0.717, 1.165) is 44.1 Å². The molecular weight excluding hydrogens is 472 g/mol. The van der Waals surface area contributed by atoms with Crippen molar-refractivity contribution >= 4 is 22.7 Å². The maximum absolute atomic E-state index is 13.7. The van der Waals surface area contributed by atoms with Crippen LogP contribution in [0.2, 0.25) is 0 Å². The number of fused-ring (bicyclic) bond motifs is 6. The van der Waals surface area contributed by atoms with Crippen molar-refractivity contribution in [1.29, 1.82) is 0 Å². The molecule has 0 spiro atoms. The van der Waals surface area contributed by atoms with E-state index in [1.54, 1.807) is 0 Å². The first-order valence-corrected chi connectivity index (χ1v) is 14.8. The van der Waals surface area contributed by atoms with E-state index in [1.807, 2.05) is 6.92 Å². The lowest BCUT2D eigenvalue weighted by atomic mass is 9.47. The average molecular weight is 515 g/mol. The first kappa shape index (κ1) is 25.6. The van der Waals surface area contributed by atoms with Crippen LogP contribution in [-0.2, 0) is 19.1 Å².